The number of rotatable bonds is 7. The first-order valence-electron chi connectivity index (χ1n) is 14.9. The quantitative estimate of drug-likeness (QED) is 0.326. The summed E-state index contributed by atoms with van der Waals surface area (Å²) in [6.07, 6.45) is 25.1. The molecule has 0 aromatic heterocycles. The second-order valence-electron chi connectivity index (χ2n) is 15.8. The molecule has 4 aliphatic rings. The van der Waals surface area contributed by atoms with Crippen LogP contribution in [0.15, 0.2) is 48.6 Å². The Balaban J connectivity index is 1.58. The van der Waals surface area contributed by atoms with Crippen LogP contribution in [0.25, 0.3) is 0 Å². The molecule has 0 saturated heterocycles. The molecule has 0 heterocycles. The number of hydrogen-bond acceptors (Lipinski definition) is 2. The fourth-order valence-electron chi connectivity index (χ4n) is 9.16. The first kappa shape index (κ1) is 28.3. The van der Waals surface area contributed by atoms with Gasteiger partial charge >= 0.3 is 0 Å². The molecule has 2 saturated carbocycles. The Morgan fingerprint density at radius 1 is 0.583 bits per heavy atom. The molecular weight excluding hydrogens is 469 g/mol. The van der Waals surface area contributed by atoms with Gasteiger partial charge in [-0.15, -0.1) is 0 Å². The Morgan fingerprint density at radius 2 is 0.917 bits per heavy atom. The second-order valence-corrected chi connectivity index (χ2v) is 24.7. The van der Waals surface area contributed by atoms with Gasteiger partial charge in [-0.2, -0.15) is 0 Å². The largest absolute Gasteiger partial charge is 0.332 e. The highest BCUT2D eigenvalue weighted by Crippen LogP contribution is 2.57. The van der Waals surface area contributed by atoms with Gasteiger partial charge in [-0.05, 0) is 114 Å². The molecule has 36 heavy (non-hydrogen) atoms. The van der Waals surface area contributed by atoms with Crippen molar-refractivity contribution in [3.63, 3.8) is 0 Å². The van der Waals surface area contributed by atoms with E-state index >= 15 is 0 Å². The maximum Gasteiger partial charge on any atom is 0.123 e. The van der Waals surface area contributed by atoms with Gasteiger partial charge < -0.3 is 9.96 Å². The SMILES string of the molecule is CC(C)(C)N[Si](C)(C)C1CC2C=CC=CC2C1CCC1C2C=CC=CC2CC1[Si](C)(C)NC(C)(C)C. The zero-order chi connectivity index (χ0) is 26.5. The van der Waals surface area contributed by atoms with Crippen molar-refractivity contribution in [2.75, 3.05) is 0 Å². The van der Waals surface area contributed by atoms with Crippen LogP contribution in [0.4, 0.5) is 0 Å². The predicted molar refractivity (Wildman–Crippen MR) is 164 cm³/mol. The van der Waals surface area contributed by atoms with Crippen LogP contribution in [0.1, 0.15) is 67.2 Å². The normalized spacial score (nSPS) is 36.4. The monoisotopic (exact) mass is 524 g/mol. The first-order chi connectivity index (χ1) is 16.6. The van der Waals surface area contributed by atoms with Gasteiger partial charge in [-0.25, -0.2) is 0 Å². The number of nitrogens with one attached hydrogen (secondary N) is 2. The van der Waals surface area contributed by atoms with Gasteiger partial charge in [0.1, 0.15) is 16.5 Å². The maximum absolute atomic E-state index is 4.18. The third-order valence-corrected chi connectivity index (χ3v) is 17.6. The van der Waals surface area contributed by atoms with Crippen LogP contribution in [0, 0.1) is 35.5 Å². The van der Waals surface area contributed by atoms with Gasteiger partial charge in [0.25, 0.3) is 0 Å². The van der Waals surface area contributed by atoms with Crippen molar-refractivity contribution >= 4 is 16.5 Å². The van der Waals surface area contributed by atoms with Crippen LogP contribution in [-0.4, -0.2) is 27.5 Å². The molecule has 202 valence electrons. The van der Waals surface area contributed by atoms with Gasteiger partial charge in [0, 0.05) is 11.1 Å². The van der Waals surface area contributed by atoms with Crippen molar-refractivity contribution in [1.82, 2.24) is 9.96 Å². The average Bonchev–Trinajstić information content (AvgIpc) is 3.28. The van der Waals surface area contributed by atoms with Gasteiger partial charge in [0.2, 0.25) is 0 Å². The Labute approximate surface area is 225 Å². The van der Waals surface area contributed by atoms with Crippen LogP contribution in [0.3, 0.4) is 0 Å². The fraction of sp³-hybridized carbons (Fsp3) is 0.750. The van der Waals surface area contributed by atoms with Crippen molar-refractivity contribution < 1.29 is 0 Å². The van der Waals surface area contributed by atoms with Crippen LogP contribution in [0.2, 0.25) is 37.3 Å². The van der Waals surface area contributed by atoms with E-state index in [-0.39, 0.29) is 11.1 Å². The third-order valence-electron chi connectivity index (χ3n) is 9.75. The zero-order valence-electron chi connectivity index (χ0n) is 25.1. The van der Waals surface area contributed by atoms with Gasteiger partial charge in [0.15, 0.2) is 0 Å². The molecule has 0 radical (unpaired) electrons. The Bertz CT molecular complexity index is 824. The van der Waals surface area contributed by atoms with Gasteiger partial charge in [-0.1, -0.05) is 74.8 Å². The van der Waals surface area contributed by atoms with Crippen molar-refractivity contribution in [3.8, 4) is 0 Å². The molecule has 8 unspecified atom stereocenters. The van der Waals surface area contributed by atoms with Crippen LogP contribution < -0.4 is 9.96 Å². The molecule has 4 heteroatoms. The molecule has 0 amide bonds. The number of hydrogen-bond donors (Lipinski definition) is 2. The highest BCUT2D eigenvalue weighted by Gasteiger charge is 2.52. The molecule has 0 bridgehead atoms. The molecule has 2 fully saturated rings. The summed E-state index contributed by atoms with van der Waals surface area (Å²) in [7, 11) is -3.20. The predicted octanol–water partition coefficient (Wildman–Crippen LogP) is 8.45. The molecular formula is C32H56N2Si2. The average molecular weight is 525 g/mol. The van der Waals surface area contributed by atoms with Crippen molar-refractivity contribution in [2.45, 2.75) is 116 Å². The van der Waals surface area contributed by atoms with Gasteiger partial charge in [-0.3, -0.25) is 0 Å². The third kappa shape index (κ3) is 6.30. The van der Waals surface area contributed by atoms with E-state index in [1.165, 1.54) is 25.7 Å². The summed E-state index contributed by atoms with van der Waals surface area (Å²) >= 11 is 0. The summed E-state index contributed by atoms with van der Waals surface area (Å²) < 4.78 is 0. The lowest BCUT2D eigenvalue weighted by atomic mass is 9.79. The minimum atomic E-state index is -1.60. The summed E-state index contributed by atoms with van der Waals surface area (Å²) in [5.74, 6) is 4.60. The molecule has 4 rings (SSSR count). The Kier molecular flexibility index (Phi) is 7.97. The fourth-order valence-corrected chi connectivity index (χ4v) is 18.0. The summed E-state index contributed by atoms with van der Waals surface area (Å²) in [6.45, 7) is 24.6. The summed E-state index contributed by atoms with van der Waals surface area (Å²) in [5.41, 5.74) is 2.07. The van der Waals surface area contributed by atoms with E-state index in [9.17, 15) is 0 Å². The Hall–Kier alpha value is -0.686. The van der Waals surface area contributed by atoms with E-state index < -0.39 is 16.5 Å². The zero-order valence-corrected chi connectivity index (χ0v) is 27.1. The lowest BCUT2D eigenvalue weighted by Gasteiger charge is -2.43. The van der Waals surface area contributed by atoms with Crippen molar-refractivity contribution in [2.24, 2.45) is 35.5 Å². The first-order valence-corrected chi connectivity index (χ1v) is 21.0. The molecule has 0 aliphatic heterocycles. The Morgan fingerprint density at radius 3 is 1.25 bits per heavy atom. The minimum Gasteiger partial charge on any atom is -0.332 e. The lowest BCUT2D eigenvalue weighted by Crippen LogP contribution is -2.58. The van der Waals surface area contributed by atoms with Crippen LogP contribution >= 0.6 is 0 Å². The minimum absolute atomic E-state index is 0.191. The van der Waals surface area contributed by atoms with E-state index in [4.69, 9.17) is 0 Å². The molecule has 2 N–H and O–H groups in total. The number of fused-ring (bicyclic) bond motifs is 2. The van der Waals surface area contributed by atoms with E-state index in [2.05, 4.69) is 126 Å². The second kappa shape index (κ2) is 10.1. The molecule has 0 aromatic carbocycles. The van der Waals surface area contributed by atoms with Crippen molar-refractivity contribution in [1.29, 1.82) is 0 Å². The summed E-state index contributed by atoms with van der Waals surface area (Å²) in [4.78, 5) is 8.35. The van der Waals surface area contributed by atoms with Gasteiger partial charge in [0.05, 0.1) is 0 Å². The molecule has 2 nitrogen and oxygen atoms in total. The van der Waals surface area contributed by atoms with Crippen LogP contribution in [-0.2, 0) is 0 Å². The summed E-state index contributed by atoms with van der Waals surface area (Å²) in [6, 6.07) is 0. The standard InChI is InChI=1S/C32H56N2Si2/c1-31(2,3)33-35(7,8)29-21-23-15-11-13-17-25(23)27(29)19-20-28-26-18-14-12-16-24(26)22-30(28)36(9,10)34-32(4,5)6/h11-18,23-30,33-34H,19-22H2,1-10H3. The molecule has 4 aliphatic carbocycles. The van der Waals surface area contributed by atoms with Crippen molar-refractivity contribution in [3.05, 3.63) is 48.6 Å². The van der Waals surface area contributed by atoms with E-state index in [1.54, 1.807) is 0 Å². The topological polar surface area (TPSA) is 24.1 Å². The summed E-state index contributed by atoms with van der Waals surface area (Å²) in [5, 5.41) is 0. The van der Waals surface area contributed by atoms with E-state index in [0.29, 0.717) is 0 Å². The molecule has 8 atom stereocenters. The smallest absolute Gasteiger partial charge is 0.123 e. The van der Waals surface area contributed by atoms with Crippen LogP contribution in [0.5, 0.6) is 0 Å². The molecule has 0 aromatic rings. The lowest BCUT2D eigenvalue weighted by molar-refractivity contribution is 0.309. The van der Waals surface area contributed by atoms with E-state index in [0.717, 1.165) is 46.6 Å². The maximum atomic E-state index is 4.18. The highest BCUT2D eigenvalue weighted by molar-refractivity contribution is 6.77. The molecule has 0 spiro atoms. The number of allylic oxidation sites excluding steroid dienone is 8. The van der Waals surface area contributed by atoms with E-state index in [1.807, 2.05) is 0 Å². The highest BCUT2D eigenvalue weighted by atomic mass is 28.3.